The molecule has 2 N–H and O–H groups in total. The number of carbonyl (C=O) groups is 1. The number of rotatable bonds is 7. The van der Waals surface area contributed by atoms with Crippen LogP contribution in [-0.2, 0) is 14.8 Å². The summed E-state index contributed by atoms with van der Waals surface area (Å²) in [6, 6.07) is 6.56. The predicted molar refractivity (Wildman–Crippen MR) is 99.8 cm³/mol. The molecule has 1 aliphatic rings. The van der Waals surface area contributed by atoms with Gasteiger partial charge in [-0.15, -0.1) is 0 Å². The monoisotopic (exact) mass is 384 g/mol. The Balaban J connectivity index is 1.89. The lowest BCUT2D eigenvalue weighted by Gasteiger charge is -2.31. The predicted octanol–water partition coefficient (Wildman–Crippen LogP) is -0.255. The van der Waals surface area contributed by atoms with Gasteiger partial charge in [0.2, 0.25) is 10.0 Å². The summed E-state index contributed by atoms with van der Waals surface area (Å²) in [5, 5.41) is 3.00. The highest BCUT2D eigenvalue weighted by Gasteiger charge is 2.31. The third kappa shape index (κ3) is 5.18. The van der Waals surface area contributed by atoms with Gasteiger partial charge in [0.1, 0.15) is 5.75 Å². The van der Waals surface area contributed by atoms with E-state index in [0.29, 0.717) is 44.4 Å². The molecule has 1 saturated heterocycles. The molecule has 1 amide bonds. The van der Waals surface area contributed by atoms with Crippen LogP contribution >= 0.6 is 0 Å². The number of sulfonamides is 1. The van der Waals surface area contributed by atoms with E-state index in [0.717, 1.165) is 4.90 Å². The Morgan fingerprint density at radius 3 is 2.27 bits per heavy atom. The van der Waals surface area contributed by atoms with Crippen molar-refractivity contribution in [3.05, 3.63) is 24.3 Å². The average Bonchev–Trinajstić information content (AvgIpc) is 2.62. The van der Waals surface area contributed by atoms with Crippen molar-refractivity contribution in [2.45, 2.75) is 31.7 Å². The highest BCUT2D eigenvalue weighted by atomic mass is 32.2. The first-order chi connectivity index (χ1) is 12.2. The van der Waals surface area contributed by atoms with Crippen LogP contribution in [0.25, 0.3) is 0 Å². The second kappa shape index (κ2) is 8.83. The lowest BCUT2D eigenvalue weighted by molar-refractivity contribution is -0.895. The van der Waals surface area contributed by atoms with Crippen LogP contribution in [0.4, 0.5) is 0 Å². The Morgan fingerprint density at radius 2 is 1.77 bits per heavy atom. The van der Waals surface area contributed by atoms with E-state index in [2.05, 4.69) is 19.2 Å². The second-order valence-electron chi connectivity index (χ2n) is 7.11. The Kier molecular flexibility index (Phi) is 7.02. The van der Waals surface area contributed by atoms with Gasteiger partial charge in [0.15, 0.2) is 6.54 Å². The van der Waals surface area contributed by atoms with Crippen molar-refractivity contribution >= 4 is 15.9 Å². The van der Waals surface area contributed by atoms with Gasteiger partial charge in [0.05, 0.1) is 38.2 Å². The first-order valence-corrected chi connectivity index (χ1v) is 10.4. The number of ether oxygens (including phenoxy) is 1. The van der Waals surface area contributed by atoms with Crippen LogP contribution in [0.15, 0.2) is 29.2 Å². The summed E-state index contributed by atoms with van der Waals surface area (Å²) >= 11 is 0. The van der Waals surface area contributed by atoms with Crippen LogP contribution in [0.3, 0.4) is 0 Å². The number of nitrogens with zero attached hydrogens (tertiary/aromatic N) is 1. The Bertz CT molecular complexity index is 696. The molecule has 0 saturated carbocycles. The zero-order valence-corrected chi connectivity index (χ0v) is 16.8. The maximum absolute atomic E-state index is 12.7. The molecule has 146 valence electrons. The normalized spacial score (nSPS) is 17.9. The maximum Gasteiger partial charge on any atom is 0.275 e. The summed E-state index contributed by atoms with van der Waals surface area (Å²) in [7, 11) is -1.96. The van der Waals surface area contributed by atoms with Crippen LogP contribution in [0.2, 0.25) is 0 Å². The molecule has 1 atom stereocenters. The van der Waals surface area contributed by atoms with E-state index in [4.69, 9.17) is 4.74 Å². The number of hydrogen-bond donors (Lipinski definition) is 2. The minimum Gasteiger partial charge on any atom is -0.497 e. The maximum atomic E-state index is 12.7. The lowest BCUT2D eigenvalue weighted by Crippen LogP contribution is -3.15. The molecule has 1 aliphatic heterocycles. The van der Waals surface area contributed by atoms with Crippen molar-refractivity contribution in [1.82, 2.24) is 9.62 Å². The molecule has 0 aliphatic carbocycles. The van der Waals surface area contributed by atoms with E-state index in [9.17, 15) is 13.2 Å². The molecule has 1 aromatic rings. The number of hydrogen-bond acceptors (Lipinski definition) is 4. The molecule has 2 rings (SSSR count). The topological polar surface area (TPSA) is 80.2 Å². The summed E-state index contributed by atoms with van der Waals surface area (Å²) in [6.45, 7) is 8.59. The molecule has 1 aromatic carbocycles. The Morgan fingerprint density at radius 1 is 1.19 bits per heavy atom. The summed E-state index contributed by atoms with van der Waals surface area (Å²) in [6.07, 6.45) is 0. The van der Waals surface area contributed by atoms with Crippen LogP contribution in [0, 0.1) is 5.92 Å². The minimum absolute atomic E-state index is 0.0210. The van der Waals surface area contributed by atoms with E-state index < -0.39 is 10.0 Å². The van der Waals surface area contributed by atoms with E-state index in [1.165, 1.54) is 4.31 Å². The molecule has 0 spiro atoms. The van der Waals surface area contributed by atoms with Crippen LogP contribution in [-0.4, -0.2) is 64.5 Å². The van der Waals surface area contributed by atoms with Crippen molar-refractivity contribution in [2.75, 3.05) is 39.8 Å². The van der Waals surface area contributed by atoms with E-state index >= 15 is 0 Å². The van der Waals surface area contributed by atoms with E-state index in [1.54, 1.807) is 31.4 Å². The zero-order valence-electron chi connectivity index (χ0n) is 16.0. The van der Waals surface area contributed by atoms with Gasteiger partial charge >= 0.3 is 0 Å². The van der Waals surface area contributed by atoms with Gasteiger partial charge in [-0.2, -0.15) is 4.31 Å². The van der Waals surface area contributed by atoms with E-state index in [1.807, 2.05) is 6.92 Å². The van der Waals surface area contributed by atoms with Crippen molar-refractivity contribution in [3.63, 3.8) is 0 Å². The third-order valence-electron chi connectivity index (χ3n) is 4.93. The van der Waals surface area contributed by atoms with Crippen LogP contribution < -0.4 is 15.0 Å². The highest BCUT2D eigenvalue weighted by Crippen LogP contribution is 2.19. The number of carbonyl (C=O) groups excluding carboxylic acids is 1. The molecule has 8 heteroatoms. The van der Waals surface area contributed by atoms with Gasteiger partial charge in [-0.05, 0) is 37.1 Å². The molecular formula is C18H30N3O4S+. The van der Waals surface area contributed by atoms with Crippen molar-refractivity contribution in [2.24, 2.45) is 5.92 Å². The van der Waals surface area contributed by atoms with E-state index in [-0.39, 0.29) is 16.8 Å². The minimum atomic E-state index is -3.51. The quantitative estimate of drug-likeness (QED) is 0.679. The molecule has 7 nitrogen and oxygen atoms in total. The lowest BCUT2D eigenvalue weighted by atomic mass is 10.1. The fraction of sp³-hybridized carbons (Fsp3) is 0.611. The number of piperazine rings is 1. The van der Waals surface area contributed by atoms with Gasteiger partial charge in [0.25, 0.3) is 5.91 Å². The molecular weight excluding hydrogens is 354 g/mol. The summed E-state index contributed by atoms with van der Waals surface area (Å²) in [5.41, 5.74) is 0. The number of benzene rings is 1. The van der Waals surface area contributed by atoms with Gasteiger partial charge in [-0.25, -0.2) is 8.42 Å². The Hall–Kier alpha value is -1.64. The van der Waals surface area contributed by atoms with Gasteiger partial charge in [-0.3, -0.25) is 4.79 Å². The molecule has 1 heterocycles. The van der Waals surface area contributed by atoms with Gasteiger partial charge in [0, 0.05) is 6.04 Å². The molecule has 1 fully saturated rings. The number of methoxy groups -OCH3 is 1. The van der Waals surface area contributed by atoms with Crippen molar-refractivity contribution < 1.29 is 22.8 Å². The number of amides is 1. The van der Waals surface area contributed by atoms with Crippen LogP contribution in [0.1, 0.15) is 20.8 Å². The first kappa shape index (κ1) is 20.7. The molecule has 26 heavy (non-hydrogen) atoms. The Labute approximate surface area is 156 Å². The molecule has 0 bridgehead atoms. The molecule has 0 unspecified atom stereocenters. The fourth-order valence-corrected chi connectivity index (χ4v) is 4.26. The highest BCUT2D eigenvalue weighted by molar-refractivity contribution is 7.89. The summed E-state index contributed by atoms with van der Waals surface area (Å²) in [5.74, 6) is 1.04. The van der Waals surface area contributed by atoms with Gasteiger partial charge in [-0.1, -0.05) is 13.8 Å². The average molecular weight is 385 g/mol. The first-order valence-electron chi connectivity index (χ1n) is 9.01. The number of nitrogens with one attached hydrogen (secondary N) is 2. The molecule has 0 aromatic heterocycles. The third-order valence-corrected chi connectivity index (χ3v) is 6.84. The fourth-order valence-electron chi connectivity index (χ4n) is 2.82. The number of quaternary nitrogens is 1. The van der Waals surface area contributed by atoms with Gasteiger partial charge < -0.3 is 15.0 Å². The smallest absolute Gasteiger partial charge is 0.275 e. The van der Waals surface area contributed by atoms with Crippen LogP contribution in [0.5, 0.6) is 5.75 Å². The zero-order chi connectivity index (χ0) is 19.3. The van der Waals surface area contributed by atoms with Crippen molar-refractivity contribution in [1.29, 1.82) is 0 Å². The molecule has 0 radical (unpaired) electrons. The van der Waals surface area contributed by atoms with Crippen molar-refractivity contribution in [3.8, 4) is 5.75 Å². The largest absolute Gasteiger partial charge is 0.497 e. The standard InChI is InChI=1S/C18H29N3O4S/c1-14(2)15(3)19-18(22)13-20-9-11-21(12-10-20)26(23,24)17-7-5-16(25-4)6-8-17/h5-8,14-15H,9-13H2,1-4H3,(H,19,22)/p+1/t15-/m1/s1. The summed E-state index contributed by atoms with van der Waals surface area (Å²) in [4.78, 5) is 13.5. The SMILES string of the molecule is COc1ccc(S(=O)(=O)N2CC[NH+](CC(=O)N[C@H](C)C(C)C)CC2)cc1. The second-order valence-corrected chi connectivity index (χ2v) is 9.04. The summed E-state index contributed by atoms with van der Waals surface area (Å²) < 4.78 is 32.0.